The molecule has 31 heavy (non-hydrogen) atoms. The van der Waals surface area contributed by atoms with Crippen LogP contribution in [0.25, 0.3) is 11.0 Å². The number of rotatable bonds is 5. The highest BCUT2D eigenvalue weighted by atomic mass is 32.2. The van der Waals surface area contributed by atoms with Crippen LogP contribution in [0.2, 0.25) is 0 Å². The minimum atomic E-state index is -3.75. The van der Waals surface area contributed by atoms with Gasteiger partial charge in [0.15, 0.2) is 22.6 Å². The smallest absolute Gasteiger partial charge is 0.248 e. The van der Waals surface area contributed by atoms with Crippen LogP contribution in [0.4, 0.5) is 8.78 Å². The first-order valence-corrected chi connectivity index (χ1v) is 11.8. The first-order valence-electron chi connectivity index (χ1n) is 9.35. The van der Waals surface area contributed by atoms with E-state index in [1.54, 1.807) is 18.7 Å². The minimum absolute atomic E-state index is 0.0569. The van der Waals surface area contributed by atoms with E-state index in [1.165, 1.54) is 4.31 Å². The molecule has 1 saturated heterocycles. The number of fused-ring (bicyclic) bond motifs is 1. The van der Waals surface area contributed by atoms with E-state index >= 15 is 0 Å². The van der Waals surface area contributed by atoms with Gasteiger partial charge >= 0.3 is 0 Å². The molecule has 3 aromatic rings. The molecule has 2 aromatic heterocycles. The zero-order chi connectivity index (χ0) is 22.3. The summed E-state index contributed by atoms with van der Waals surface area (Å²) in [6, 6.07) is 2.01. The molecule has 0 unspecified atom stereocenters. The number of sulfonamides is 1. The number of benzene rings is 1. The number of aromatic amines is 1. The largest absolute Gasteiger partial charge is 0.360 e. The molecule has 166 valence electrons. The average Bonchev–Trinajstić information content (AvgIpc) is 3.28. The van der Waals surface area contributed by atoms with Gasteiger partial charge in [-0.2, -0.15) is 4.31 Å². The van der Waals surface area contributed by atoms with Crippen molar-refractivity contribution < 1.29 is 26.5 Å². The summed E-state index contributed by atoms with van der Waals surface area (Å²) in [6.45, 7) is 3.93. The van der Waals surface area contributed by atoms with Crippen molar-refractivity contribution in [2.24, 2.45) is 0 Å². The fourth-order valence-electron chi connectivity index (χ4n) is 3.42. The van der Waals surface area contributed by atoms with Gasteiger partial charge in [0, 0.05) is 38.3 Å². The molecule has 4 rings (SSSR count). The number of thioether (sulfide) groups is 1. The van der Waals surface area contributed by atoms with Crippen molar-refractivity contribution in [3.8, 4) is 0 Å². The number of hydrogen-bond donors (Lipinski definition) is 1. The summed E-state index contributed by atoms with van der Waals surface area (Å²) in [5, 5.41) is 4.07. The van der Waals surface area contributed by atoms with E-state index in [0.29, 0.717) is 16.4 Å². The molecule has 9 nitrogen and oxygen atoms in total. The molecule has 1 aliphatic rings. The lowest BCUT2D eigenvalue weighted by Gasteiger charge is -2.33. The van der Waals surface area contributed by atoms with Crippen LogP contribution in [0.1, 0.15) is 11.5 Å². The molecule has 0 saturated carbocycles. The van der Waals surface area contributed by atoms with Crippen molar-refractivity contribution >= 4 is 38.7 Å². The SMILES string of the molecule is Cc1noc(C)c1S(=O)(=O)N1CCN(C(=O)CSc2nc3cc(F)c(F)cc3[nH]2)CC1. The van der Waals surface area contributed by atoms with Crippen LogP contribution in [-0.4, -0.2) is 70.6 Å². The molecule has 0 atom stereocenters. The number of halogens is 2. The molecule has 1 aromatic carbocycles. The van der Waals surface area contributed by atoms with Gasteiger partial charge in [0.05, 0.1) is 16.8 Å². The Balaban J connectivity index is 1.35. The van der Waals surface area contributed by atoms with Crippen LogP contribution in [0.5, 0.6) is 0 Å². The van der Waals surface area contributed by atoms with Crippen molar-refractivity contribution in [2.75, 3.05) is 31.9 Å². The monoisotopic (exact) mass is 471 g/mol. The van der Waals surface area contributed by atoms with Gasteiger partial charge in [0.2, 0.25) is 15.9 Å². The van der Waals surface area contributed by atoms with Gasteiger partial charge in [0.1, 0.15) is 10.6 Å². The summed E-state index contributed by atoms with van der Waals surface area (Å²) in [7, 11) is -3.75. The van der Waals surface area contributed by atoms with E-state index in [2.05, 4.69) is 15.1 Å². The van der Waals surface area contributed by atoms with Crippen LogP contribution >= 0.6 is 11.8 Å². The van der Waals surface area contributed by atoms with Crippen LogP contribution < -0.4 is 0 Å². The van der Waals surface area contributed by atoms with Crippen molar-refractivity contribution in [1.82, 2.24) is 24.3 Å². The third-order valence-electron chi connectivity index (χ3n) is 4.99. The molecule has 1 fully saturated rings. The third-order valence-corrected chi connectivity index (χ3v) is 7.99. The highest BCUT2D eigenvalue weighted by molar-refractivity contribution is 7.99. The van der Waals surface area contributed by atoms with E-state index in [1.807, 2.05) is 0 Å². The maximum absolute atomic E-state index is 13.3. The van der Waals surface area contributed by atoms with E-state index < -0.39 is 21.7 Å². The molecular weight excluding hydrogens is 452 g/mol. The number of nitrogens with one attached hydrogen (secondary N) is 1. The lowest BCUT2D eigenvalue weighted by molar-refractivity contribution is -0.129. The Bertz CT molecular complexity index is 1190. The van der Waals surface area contributed by atoms with Crippen molar-refractivity contribution in [3.63, 3.8) is 0 Å². The number of imidazole rings is 1. The van der Waals surface area contributed by atoms with Gasteiger partial charge in [-0.15, -0.1) is 0 Å². The summed E-state index contributed by atoms with van der Waals surface area (Å²) in [6.07, 6.45) is 0. The number of H-pyrrole nitrogens is 1. The van der Waals surface area contributed by atoms with Gasteiger partial charge in [-0.1, -0.05) is 16.9 Å². The second-order valence-electron chi connectivity index (χ2n) is 7.05. The number of carbonyl (C=O) groups is 1. The molecule has 1 N–H and O–H groups in total. The first kappa shape index (κ1) is 21.7. The topological polar surface area (TPSA) is 112 Å². The second kappa shape index (κ2) is 8.20. The summed E-state index contributed by atoms with van der Waals surface area (Å²) in [5.41, 5.74) is 0.914. The minimum Gasteiger partial charge on any atom is -0.360 e. The Morgan fingerprint density at radius 1 is 1.19 bits per heavy atom. The van der Waals surface area contributed by atoms with Crippen LogP contribution in [0, 0.1) is 25.5 Å². The summed E-state index contributed by atoms with van der Waals surface area (Å²) in [5.74, 6) is -1.86. The van der Waals surface area contributed by atoms with E-state index in [4.69, 9.17) is 4.52 Å². The van der Waals surface area contributed by atoms with Crippen molar-refractivity contribution in [2.45, 2.75) is 23.9 Å². The molecule has 3 heterocycles. The normalized spacial score (nSPS) is 15.7. The molecule has 13 heteroatoms. The number of piperazine rings is 1. The predicted molar refractivity (Wildman–Crippen MR) is 108 cm³/mol. The fourth-order valence-corrected chi connectivity index (χ4v) is 5.92. The zero-order valence-corrected chi connectivity index (χ0v) is 18.3. The van der Waals surface area contributed by atoms with E-state index in [-0.39, 0.29) is 54.0 Å². The second-order valence-corrected chi connectivity index (χ2v) is 9.89. The summed E-state index contributed by atoms with van der Waals surface area (Å²) < 4.78 is 58.6. The number of aromatic nitrogens is 3. The van der Waals surface area contributed by atoms with E-state index in [0.717, 1.165) is 23.9 Å². The lowest BCUT2D eigenvalue weighted by atomic mass is 10.3. The Morgan fingerprint density at radius 2 is 1.87 bits per heavy atom. The molecule has 0 aliphatic carbocycles. The summed E-state index contributed by atoms with van der Waals surface area (Å²) in [4.78, 5) is 21.2. The van der Waals surface area contributed by atoms with Crippen molar-refractivity contribution in [1.29, 1.82) is 0 Å². The van der Waals surface area contributed by atoms with Crippen LogP contribution in [0.15, 0.2) is 26.7 Å². The molecule has 0 spiro atoms. The van der Waals surface area contributed by atoms with Crippen LogP contribution in [0.3, 0.4) is 0 Å². The molecule has 1 aliphatic heterocycles. The predicted octanol–water partition coefficient (Wildman–Crippen LogP) is 2.07. The number of nitrogens with zero attached hydrogens (tertiary/aromatic N) is 4. The Labute approximate surface area is 180 Å². The number of amides is 1. The number of aryl methyl sites for hydroxylation is 2. The van der Waals surface area contributed by atoms with Gasteiger partial charge in [-0.05, 0) is 13.8 Å². The molecule has 0 radical (unpaired) electrons. The van der Waals surface area contributed by atoms with Gasteiger partial charge in [-0.3, -0.25) is 4.79 Å². The highest BCUT2D eigenvalue weighted by Gasteiger charge is 2.34. The van der Waals surface area contributed by atoms with Crippen LogP contribution in [-0.2, 0) is 14.8 Å². The van der Waals surface area contributed by atoms with Gasteiger partial charge in [0.25, 0.3) is 0 Å². The van der Waals surface area contributed by atoms with Gasteiger partial charge < -0.3 is 14.4 Å². The maximum atomic E-state index is 13.3. The standard InChI is InChI=1S/C18H19F2N5O4S2/c1-10-17(11(2)29-23-10)31(27,28)25-5-3-24(4-6-25)16(26)9-30-18-21-14-7-12(19)13(20)8-15(14)22-18/h7-8H,3-6,9H2,1-2H3,(H,21,22). The molecule has 1 amide bonds. The zero-order valence-electron chi connectivity index (χ0n) is 16.7. The lowest BCUT2D eigenvalue weighted by Crippen LogP contribution is -2.51. The number of hydrogen-bond acceptors (Lipinski definition) is 7. The number of carbonyl (C=O) groups excluding carboxylic acids is 1. The van der Waals surface area contributed by atoms with Gasteiger partial charge in [-0.25, -0.2) is 22.2 Å². The summed E-state index contributed by atoms with van der Waals surface area (Å²) >= 11 is 1.11. The molecular formula is C18H19F2N5O4S2. The highest BCUT2D eigenvalue weighted by Crippen LogP contribution is 2.25. The first-order chi connectivity index (χ1) is 14.7. The fraction of sp³-hybridized carbons (Fsp3) is 0.389. The third kappa shape index (κ3) is 4.16. The van der Waals surface area contributed by atoms with E-state index in [9.17, 15) is 22.0 Å². The maximum Gasteiger partial charge on any atom is 0.248 e. The Morgan fingerprint density at radius 3 is 2.52 bits per heavy atom. The average molecular weight is 472 g/mol. The Hall–Kier alpha value is -2.51. The Kier molecular flexibility index (Phi) is 5.75. The quantitative estimate of drug-likeness (QED) is 0.567. The van der Waals surface area contributed by atoms with Crippen molar-refractivity contribution in [3.05, 3.63) is 35.2 Å². The molecule has 0 bridgehead atoms.